The van der Waals surface area contributed by atoms with Gasteiger partial charge in [-0.2, -0.15) is 0 Å². The van der Waals surface area contributed by atoms with E-state index in [1.165, 1.54) is 11.1 Å². The van der Waals surface area contributed by atoms with E-state index >= 15 is 0 Å². The van der Waals surface area contributed by atoms with E-state index in [0.717, 1.165) is 13.1 Å². The highest BCUT2D eigenvalue weighted by atomic mass is 16.2. The Bertz CT molecular complexity index is 671. The molecule has 0 saturated carbocycles. The Morgan fingerprint density at radius 3 is 2.10 bits per heavy atom. The van der Waals surface area contributed by atoms with E-state index in [0.29, 0.717) is 32.1 Å². The topological polar surface area (TPSA) is 64.7 Å². The van der Waals surface area contributed by atoms with Crippen LogP contribution in [0.2, 0.25) is 0 Å². The predicted molar refractivity (Wildman–Crippen MR) is 118 cm³/mol. The molecule has 1 aromatic carbocycles. The summed E-state index contributed by atoms with van der Waals surface area (Å²) in [5.74, 6) is 0.526. The second kappa shape index (κ2) is 10.2. The van der Waals surface area contributed by atoms with Gasteiger partial charge < -0.3 is 15.5 Å². The fraction of sp³-hybridized carbons (Fsp3) is 0.652. The summed E-state index contributed by atoms with van der Waals surface area (Å²) >= 11 is 0. The van der Waals surface area contributed by atoms with Gasteiger partial charge in [-0.05, 0) is 22.5 Å². The van der Waals surface area contributed by atoms with E-state index in [1.54, 1.807) is 7.05 Å². The fourth-order valence-electron chi connectivity index (χ4n) is 3.68. The highest BCUT2D eigenvalue weighted by Crippen LogP contribution is 2.26. The van der Waals surface area contributed by atoms with E-state index in [2.05, 4.69) is 74.4 Å². The largest absolute Gasteiger partial charge is 0.358 e. The molecule has 2 amide bonds. The SMILES string of the molecule is CNC(=O)CN1CCN(C(=O)CN[C@H](c2ccc(C(C)(C)C)cc2)C(C)C)CC1. The van der Waals surface area contributed by atoms with Crippen LogP contribution in [0.3, 0.4) is 0 Å². The molecule has 0 spiro atoms. The molecule has 0 aliphatic carbocycles. The maximum absolute atomic E-state index is 12.7. The van der Waals surface area contributed by atoms with Gasteiger partial charge >= 0.3 is 0 Å². The van der Waals surface area contributed by atoms with E-state index in [-0.39, 0.29) is 23.3 Å². The van der Waals surface area contributed by atoms with Crippen LogP contribution in [0.5, 0.6) is 0 Å². The zero-order chi connectivity index (χ0) is 21.6. The van der Waals surface area contributed by atoms with Gasteiger partial charge in [0.1, 0.15) is 0 Å². The minimum atomic E-state index is 0.0173. The maximum atomic E-state index is 12.7. The number of hydrogen-bond donors (Lipinski definition) is 2. The molecule has 1 atom stereocenters. The lowest BCUT2D eigenvalue weighted by Crippen LogP contribution is -2.52. The Labute approximate surface area is 176 Å². The average Bonchev–Trinajstić information content (AvgIpc) is 2.68. The highest BCUT2D eigenvalue weighted by Gasteiger charge is 2.24. The van der Waals surface area contributed by atoms with Gasteiger partial charge in [0.25, 0.3) is 0 Å². The summed E-state index contributed by atoms with van der Waals surface area (Å²) in [5, 5.41) is 6.12. The van der Waals surface area contributed by atoms with Crippen molar-refractivity contribution in [2.75, 3.05) is 46.3 Å². The first kappa shape index (κ1) is 23.4. The molecule has 1 heterocycles. The van der Waals surface area contributed by atoms with Crippen LogP contribution >= 0.6 is 0 Å². The van der Waals surface area contributed by atoms with E-state index < -0.39 is 0 Å². The molecule has 1 aliphatic rings. The third kappa shape index (κ3) is 6.82. The fourth-order valence-corrected chi connectivity index (χ4v) is 3.68. The van der Waals surface area contributed by atoms with Crippen molar-refractivity contribution < 1.29 is 9.59 Å². The summed E-state index contributed by atoms with van der Waals surface area (Å²) in [6.07, 6.45) is 0. The summed E-state index contributed by atoms with van der Waals surface area (Å²) in [4.78, 5) is 28.2. The predicted octanol–water partition coefficient (Wildman–Crippen LogP) is 2.16. The number of nitrogens with zero attached hydrogens (tertiary/aromatic N) is 2. The van der Waals surface area contributed by atoms with Gasteiger partial charge in [-0.25, -0.2) is 0 Å². The van der Waals surface area contributed by atoms with Crippen LogP contribution in [-0.4, -0.2) is 67.9 Å². The number of nitrogens with one attached hydrogen (secondary N) is 2. The van der Waals surface area contributed by atoms with Gasteiger partial charge in [-0.1, -0.05) is 58.9 Å². The number of rotatable bonds is 7. The van der Waals surface area contributed by atoms with Crippen LogP contribution in [-0.2, 0) is 15.0 Å². The van der Waals surface area contributed by atoms with Crippen LogP contribution in [0.15, 0.2) is 24.3 Å². The van der Waals surface area contributed by atoms with Crippen LogP contribution in [0.1, 0.15) is 51.8 Å². The lowest BCUT2D eigenvalue weighted by molar-refractivity contribution is -0.132. The molecule has 0 unspecified atom stereocenters. The lowest BCUT2D eigenvalue weighted by Gasteiger charge is -2.35. The molecule has 1 saturated heterocycles. The van der Waals surface area contributed by atoms with Crippen molar-refractivity contribution in [2.24, 2.45) is 5.92 Å². The van der Waals surface area contributed by atoms with Crippen LogP contribution in [0.4, 0.5) is 0 Å². The van der Waals surface area contributed by atoms with E-state index in [4.69, 9.17) is 0 Å². The van der Waals surface area contributed by atoms with Gasteiger partial charge in [0, 0.05) is 39.3 Å². The molecule has 1 aliphatic heterocycles. The van der Waals surface area contributed by atoms with Crippen LogP contribution < -0.4 is 10.6 Å². The number of amides is 2. The Kier molecular flexibility index (Phi) is 8.23. The lowest BCUT2D eigenvalue weighted by atomic mass is 9.85. The average molecular weight is 403 g/mol. The molecule has 29 heavy (non-hydrogen) atoms. The number of likely N-dealkylation sites (N-methyl/N-ethyl adjacent to an activating group) is 1. The standard InChI is InChI=1S/C23H38N4O2/c1-17(2)22(18-7-9-19(10-8-18)23(3,4)5)25-15-21(29)27-13-11-26(12-14-27)16-20(28)24-6/h7-10,17,22,25H,11-16H2,1-6H3,(H,24,28)/t22-/m0/s1. The molecule has 1 aromatic rings. The number of piperazine rings is 1. The zero-order valence-corrected chi connectivity index (χ0v) is 18.9. The monoisotopic (exact) mass is 402 g/mol. The second-order valence-electron chi connectivity index (χ2n) is 9.30. The summed E-state index contributed by atoms with van der Waals surface area (Å²) < 4.78 is 0. The molecule has 0 bridgehead atoms. The molecule has 6 nitrogen and oxygen atoms in total. The smallest absolute Gasteiger partial charge is 0.236 e. The van der Waals surface area contributed by atoms with Gasteiger partial charge in [-0.3, -0.25) is 14.5 Å². The normalized spacial score (nSPS) is 16.7. The van der Waals surface area contributed by atoms with Gasteiger partial charge in [-0.15, -0.1) is 0 Å². The van der Waals surface area contributed by atoms with Crippen molar-refractivity contribution in [3.63, 3.8) is 0 Å². The Morgan fingerprint density at radius 1 is 1.03 bits per heavy atom. The highest BCUT2D eigenvalue weighted by molar-refractivity contribution is 5.79. The molecular formula is C23H38N4O2. The number of benzene rings is 1. The zero-order valence-electron chi connectivity index (χ0n) is 18.9. The molecule has 6 heteroatoms. The van der Waals surface area contributed by atoms with Crippen molar-refractivity contribution in [1.29, 1.82) is 0 Å². The van der Waals surface area contributed by atoms with Gasteiger partial charge in [0.2, 0.25) is 11.8 Å². The molecule has 0 radical (unpaired) electrons. The molecular weight excluding hydrogens is 364 g/mol. The van der Waals surface area contributed by atoms with Crippen molar-refractivity contribution >= 4 is 11.8 Å². The summed E-state index contributed by atoms with van der Waals surface area (Å²) in [7, 11) is 1.65. The Morgan fingerprint density at radius 2 is 1.62 bits per heavy atom. The number of carbonyl (C=O) groups excluding carboxylic acids is 2. The molecule has 2 N–H and O–H groups in total. The van der Waals surface area contributed by atoms with Crippen molar-refractivity contribution in [2.45, 2.75) is 46.1 Å². The summed E-state index contributed by atoms with van der Waals surface area (Å²) in [6.45, 7) is 14.6. The summed E-state index contributed by atoms with van der Waals surface area (Å²) in [6, 6.07) is 8.89. The van der Waals surface area contributed by atoms with E-state index in [1.807, 2.05) is 4.90 Å². The Balaban J connectivity index is 1.89. The second-order valence-corrected chi connectivity index (χ2v) is 9.30. The number of carbonyl (C=O) groups is 2. The summed E-state index contributed by atoms with van der Waals surface area (Å²) in [5.41, 5.74) is 2.67. The van der Waals surface area contributed by atoms with Crippen molar-refractivity contribution in [3.8, 4) is 0 Å². The Hall–Kier alpha value is -1.92. The first-order valence-electron chi connectivity index (χ1n) is 10.7. The molecule has 0 aromatic heterocycles. The van der Waals surface area contributed by atoms with Crippen molar-refractivity contribution in [3.05, 3.63) is 35.4 Å². The maximum Gasteiger partial charge on any atom is 0.236 e. The minimum Gasteiger partial charge on any atom is -0.358 e. The van der Waals surface area contributed by atoms with Crippen LogP contribution in [0.25, 0.3) is 0 Å². The molecule has 2 rings (SSSR count). The first-order valence-corrected chi connectivity index (χ1v) is 10.7. The third-order valence-corrected chi connectivity index (χ3v) is 5.65. The van der Waals surface area contributed by atoms with Gasteiger partial charge in [0.15, 0.2) is 0 Å². The minimum absolute atomic E-state index is 0.0173. The third-order valence-electron chi connectivity index (χ3n) is 5.65. The van der Waals surface area contributed by atoms with E-state index in [9.17, 15) is 9.59 Å². The molecule has 1 fully saturated rings. The molecule has 162 valence electrons. The van der Waals surface area contributed by atoms with Gasteiger partial charge in [0.05, 0.1) is 13.1 Å². The first-order chi connectivity index (χ1) is 13.6. The van der Waals surface area contributed by atoms with Crippen LogP contribution in [0, 0.1) is 5.92 Å². The number of hydrogen-bond acceptors (Lipinski definition) is 4. The van der Waals surface area contributed by atoms with Crippen molar-refractivity contribution in [1.82, 2.24) is 20.4 Å². The quantitative estimate of drug-likeness (QED) is 0.734.